The van der Waals surface area contributed by atoms with Crippen molar-refractivity contribution in [2.24, 2.45) is 13.0 Å². The summed E-state index contributed by atoms with van der Waals surface area (Å²) in [6.45, 7) is 6.72. The molecular formula is C18H27N5O2S. The molecule has 0 aliphatic carbocycles. The quantitative estimate of drug-likeness (QED) is 0.760. The Hall–Kier alpha value is -1.77. The third kappa shape index (κ3) is 3.97. The van der Waals surface area contributed by atoms with Crippen LogP contribution in [-0.2, 0) is 23.1 Å². The molecule has 0 spiro atoms. The number of amides is 1. The van der Waals surface area contributed by atoms with Gasteiger partial charge in [0.25, 0.3) is 0 Å². The second-order valence-corrected chi connectivity index (χ2v) is 7.85. The third-order valence-electron chi connectivity index (χ3n) is 5.05. The van der Waals surface area contributed by atoms with E-state index >= 15 is 0 Å². The van der Waals surface area contributed by atoms with Crippen molar-refractivity contribution in [3.05, 3.63) is 33.5 Å². The Morgan fingerprint density at radius 2 is 2.23 bits per heavy atom. The van der Waals surface area contributed by atoms with Gasteiger partial charge in [0.1, 0.15) is 0 Å². The van der Waals surface area contributed by atoms with Crippen LogP contribution in [0.25, 0.3) is 0 Å². The van der Waals surface area contributed by atoms with Crippen LogP contribution in [0.2, 0.25) is 0 Å². The fraction of sp³-hybridized carbons (Fsp3) is 0.611. The van der Waals surface area contributed by atoms with E-state index in [0.717, 1.165) is 35.0 Å². The lowest BCUT2D eigenvalue weighted by Crippen LogP contribution is -2.34. The summed E-state index contributed by atoms with van der Waals surface area (Å²) >= 11 is 1.66. The normalized spacial score (nSPS) is 20.3. The fourth-order valence-corrected chi connectivity index (χ4v) is 4.22. The lowest BCUT2D eigenvalue weighted by atomic mass is 9.94. The summed E-state index contributed by atoms with van der Waals surface area (Å²) in [4.78, 5) is 19.1. The van der Waals surface area contributed by atoms with Crippen LogP contribution in [0.3, 0.4) is 0 Å². The van der Waals surface area contributed by atoms with Crippen molar-refractivity contribution in [3.8, 4) is 0 Å². The van der Waals surface area contributed by atoms with Crippen molar-refractivity contribution in [2.75, 3.05) is 26.8 Å². The number of nitrogens with zero attached hydrogens (tertiary/aromatic N) is 4. The van der Waals surface area contributed by atoms with Gasteiger partial charge in [0.2, 0.25) is 5.91 Å². The molecule has 142 valence electrons. The Bertz CT molecular complexity index is 757. The summed E-state index contributed by atoms with van der Waals surface area (Å²) in [7, 11) is 3.60. The van der Waals surface area contributed by atoms with Crippen molar-refractivity contribution in [1.82, 2.24) is 25.0 Å². The van der Waals surface area contributed by atoms with E-state index in [1.54, 1.807) is 18.4 Å². The first-order valence-electron chi connectivity index (χ1n) is 8.90. The van der Waals surface area contributed by atoms with Gasteiger partial charge in [-0.15, -0.1) is 11.3 Å². The zero-order chi connectivity index (χ0) is 18.7. The number of nitrogens with one attached hydrogen (secondary N) is 1. The van der Waals surface area contributed by atoms with Gasteiger partial charge in [-0.3, -0.25) is 9.48 Å². The van der Waals surface area contributed by atoms with Crippen LogP contribution in [0.15, 0.2) is 11.6 Å². The molecule has 3 heterocycles. The molecule has 1 amide bonds. The maximum atomic E-state index is 12.6. The Balaban J connectivity index is 1.73. The monoisotopic (exact) mass is 377 g/mol. The summed E-state index contributed by atoms with van der Waals surface area (Å²) in [5.41, 5.74) is 3.29. The average molecular weight is 378 g/mol. The van der Waals surface area contributed by atoms with Crippen molar-refractivity contribution < 1.29 is 9.53 Å². The molecule has 8 heteroatoms. The minimum absolute atomic E-state index is 0.0380. The molecule has 1 aliphatic rings. The molecule has 1 saturated heterocycles. The van der Waals surface area contributed by atoms with Gasteiger partial charge in [0.15, 0.2) is 0 Å². The van der Waals surface area contributed by atoms with Gasteiger partial charge in [-0.25, -0.2) is 4.98 Å². The molecule has 0 aromatic carbocycles. The number of ether oxygens (including phenoxy) is 1. The maximum absolute atomic E-state index is 12.6. The second-order valence-electron chi connectivity index (χ2n) is 6.79. The van der Waals surface area contributed by atoms with Gasteiger partial charge in [0.05, 0.1) is 29.5 Å². The molecule has 2 aromatic rings. The van der Waals surface area contributed by atoms with Crippen LogP contribution in [0.1, 0.15) is 34.4 Å². The zero-order valence-electron chi connectivity index (χ0n) is 15.9. The molecule has 2 aromatic heterocycles. The molecule has 1 N–H and O–H groups in total. The summed E-state index contributed by atoms with van der Waals surface area (Å²) in [6, 6.07) is 0.0380. The summed E-state index contributed by atoms with van der Waals surface area (Å²) < 4.78 is 7.08. The fourth-order valence-electron chi connectivity index (χ4n) is 3.60. The molecule has 0 unspecified atom stereocenters. The van der Waals surface area contributed by atoms with Crippen LogP contribution in [-0.4, -0.2) is 52.4 Å². The van der Waals surface area contributed by atoms with Crippen LogP contribution in [0.5, 0.6) is 0 Å². The highest BCUT2D eigenvalue weighted by Gasteiger charge is 2.41. The maximum Gasteiger partial charge on any atom is 0.223 e. The van der Waals surface area contributed by atoms with Crippen LogP contribution in [0, 0.1) is 19.8 Å². The van der Waals surface area contributed by atoms with Gasteiger partial charge < -0.3 is 15.0 Å². The van der Waals surface area contributed by atoms with Gasteiger partial charge >= 0.3 is 0 Å². The lowest BCUT2D eigenvalue weighted by Gasteiger charge is -2.28. The van der Waals surface area contributed by atoms with Gasteiger partial charge in [0, 0.05) is 62.8 Å². The predicted octanol–water partition coefficient (Wildman–Crippen LogP) is 1.82. The highest BCUT2D eigenvalue weighted by atomic mass is 32.1. The predicted molar refractivity (Wildman–Crippen MR) is 101 cm³/mol. The lowest BCUT2D eigenvalue weighted by molar-refractivity contribution is -0.129. The number of aryl methyl sites for hydroxylation is 2. The molecule has 7 nitrogen and oxygen atoms in total. The number of carbonyl (C=O) groups is 1. The van der Waals surface area contributed by atoms with Crippen molar-refractivity contribution in [1.29, 1.82) is 0 Å². The first kappa shape index (κ1) is 19.0. The first-order valence-corrected chi connectivity index (χ1v) is 9.77. The number of likely N-dealkylation sites (tertiary alicyclic amines) is 1. The van der Waals surface area contributed by atoms with E-state index in [0.29, 0.717) is 19.6 Å². The topological polar surface area (TPSA) is 72.3 Å². The number of hydrogen-bond acceptors (Lipinski definition) is 6. The number of thiazole rings is 1. The van der Waals surface area contributed by atoms with E-state index in [-0.39, 0.29) is 17.9 Å². The molecule has 0 bridgehead atoms. The van der Waals surface area contributed by atoms with Crippen LogP contribution >= 0.6 is 11.3 Å². The molecule has 3 rings (SSSR count). The standard InChI is InChI=1S/C18H27N5O2S/c1-12-16(10-20-22(12)3)18-14(7-17(24)23(18)5-6-25-4)8-19-9-15-11-26-13(2)21-15/h10-11,14,18-19H,5-9H2,1-4H3/t14-,18+/m0/s1. The van der Waals surface area contributed by atoms with E-state index in [1.165, 1.54) is 0 Å². The molecule has 1 fully saturated rings. The Morgan fingerprint density at radius 1 is 1.42 bits per heavy atom. The highest BCUT2D eigenvalue weighted by molar-refractivity contribution is 7.09. The molecule has 0 saturated carbocycles. The minimum atomic E-state index is 0.0380. The van der Waals surface area contributed by atoms with Crippen molar-refractivity contribution in [2.45, 2.75) is 32.9 Å². The Kier molecular flexibility index (Phi) is 6.05. The Morgan fingerprint density at radius 3 is 2.85 bits per heavy atom. The number of aromatic nitrogens is 3. The number of carbonyl (C=O) groups excluding carboxylic acids is 1. The zero-order valence-corrected chi connectivity index (χ0v) is 16.7. The highest BCUT2D eigenvalue weighted by Crippen LogP contribution is 2.38. The van der Waals surface area contributed by atoms with Crippen molar-refractivity contribution in [3.63, 3.8) is 0 Å². The van der Waals surface area contributed by atoms with Gasteiger partial charge in [-0.2, -0.15) is 5.10 Å². The van der Waals surface area contributed by atoms with E-state index in [9.17, 15) is 4.79 Å². The minimum Gasteiger partial charge on any atom is -0.383 e. The van der Waals surface area contributed by atoms with Crippen LogP contribution < -0.4 is 5.32 Å². The van der Waals surface area contributed by atoms with Gasteiger partial charge in [-0.05, 0) is 13.8 Å². The van der Waals surface area contributed by atoms with Crippen molar-refractivity contribution >= 4 is 17.2 Å². The number of methoxy groups -OCH3 is 1. The van der Waals surface area contributed by atoms with Gasteiger partial charge in [-0.1, -0.05) is 0 Å². The Labute approximate surface area is 158 Å². The smallest absolute Gasteiger partial charge is 0.223 e. The average Bonchev–Trinajstić information content (AvgIpc) is 3.26. The van der Waals surface area contributed by atoms with E-state index < -0.39 is 0 Å². The number of rotatable bonds is 8. The molecule has 2 atom stereocenters. The second kappa shape index (κ2) is 8.28. The molecular weight excluding hydrogens is 350 g/mol. The van der Waals surface area contributed by atoms with E-state index in [1.807, 2.05) is 29.7 Å². The summed E-state index contributed by atoms with van der Waals surface area (Å²) in [5, 5.41) is 11.0. The summed E-state index contributed by atoms with van der Waals surface area (Å²) in [5.74, 6) is 0.397. The first-order chi connectivity index (χ1) is 12.5. The largest absolute Gasteiger partial charge is 0.383 e. The molecule has 1 aliphatic heterocycles. The van der Waals surface area contributed by atoms with Crippen LogP contribution in [0.4, 0.5) is 0 Å². The molecule has 26 heavy (non-hydrogen) atoms. The molecule has 0 radical (unpaired) electrons. The van der Waals surface area contributed by atoms with E-state index in [2.05, 4.69) is 27.7 Å². The van der Waals surface area contributed by atoms with E-state index in [4.69, 9.17) is 4.74 Å². The summed E-state index contributed by atoms with van der Waals surface area (Å²) in [6.07, 6.45) is 2.45. The number of hydrogen-bond donors (Lipinski definition) is 1. The third-order valence-corrected chi connectivity index (χ3v) is 5.87. The SMILES string of the molecule is COCCN1C(=O)C[C@@H](CNCc2csc(C)n2)[C@@H]1c1cnn(C)c1C.